The van der Waals surface area contributed by atoms with E-state index in [1.54, 1.807) is 0 Å². The molecule has 1 aromatic carbocycles. The first kappa shape index (κ1) is 8.59. The standard InChI is InChI=1S/C8H10N4/c9-5-7-3-1-2-4-8(7)6-11-12-10/h1-4H,5-6,9H2. The Kier molecular flexibility index (Phi) is 3.14. The minimum absolute atomic E-state index is 0.379. The largest absolute Gasteiger partial charge is 0.326 e. The van der Waals surface area contributed by atoms with Crippen molar-refractivity contribution in [3.05, 3.63) is 45.8 Å². The number of nitrogens with two attached hydrogens (primary N) is 1. The van der Waals surface area contributed by atoms with Gasteiger partial charge in [-0.05, 0) is 16.7 Å². The van der Waals surface area contributed by atoms with Gasteiger partial charge in [0.05, 0.1) is 6.54 Å². The molecule has 0 radical (unpaired) electrons. The van der Waals surface area contributed by atoms with Gasteiger partial charge in [-0.25, -0.2) is 0 Å². The molecule has 0 unspecified atom stereocenters. The smallest absolute Gasteiger partial charge is 0.0514 e. The molecule has 0 saturated heterocycles. The van der Waals surface area contributed by atoms with Crippen LogP contribution in [0.15, 0.2) is 29.4 Å². The van der Waals surface area contributed by atoms with Crippen LogP contribution in [-0.4, -0.2) is 0 Å². The summed E-state index contributed by atoms with van der Waals surface area (Å²) < 4.78 is 0. The Labute approximate surface area is 70.6 Å². The van der Waals surface area contributed by atoms with Gasteiger partial charge in [-0.3, -0.25) is 0 Å². The van der Waals surface area contributed by atoms with Gasteiger partial charge >= 0.3 is 0 Å². The highest BCUT2D eigenvalue weighted by Crippen LogP contribution is 2.08. The van der Waals surface area contributed by atoms with E-state index in [2.05, 4.69) is 10.0 Å². The van der Waals surface area contributed by atoms with Gasteiger partial charge < -0.3 is 5.73 Å². The molecule has 0 spiro atoms. The molecule has 0 fully saturated rings. The highest BCUT2D eigenvalue weighted by Gasteiger charge is 1.96. The summed E-state index contributed by atoms with van der Waals surface area (Å²) in [6.45, 7) is 0.862. The van der Waals surface area contributed by atoms with Gasteiger partial charge in [-0.1, -0.05) is 29.4 Å². The Bertz CT molecular complexity index is 302. The van der Waals surface area contributed by atoms with Crippen molar-refractivity contribution in [3.63, 3.8) is 0 Å². The lowest BCUT2D eigenvalue weighted by Crippen LogP contribution is -2.00. The van der Waals surface area contributed by atoms with Crippen molar-refractivity contribution in [2.75, 3.05) is 0 Å². The van der Waals surface area contributed by atoms with Crippen LogP contribution in [0.4, 0.5) is 0 Å². The van der Waals surface area contributed by atoms with E-state index < -0.39 is 0 Å². The Morgan fingerprint density at radius 3 is 2.58 bits per heavy atom. The molecule has 0 bridgehead atoms. The van der Waals surface area contributed by atoms with Crippen LogP contribution in [0.5, 0.6) is 0 Å². The van der Waals surface area contributed by atoms with E-state index in [9.17, 15) is 0 Å². The molecular weight excluding hydrogens is 152 g/mol. The van der Waals surface area contributed by atoms with Crippen molar-refractivity contribution < 1.29 is 0 Å². The van der Waals surface area contributed by atoms with Crippen molar-refractivity contribution in [3.8, 4) is 0 Å². The molecular formula is C8H10N4. The highest BCUT2D eigenvalue weighted by molar-refractivity contribution is 5.26. The van der Waals surface area contributed by atoms with E-state index in [1.807, 2.05) is 24.3 Å². The number of hydrogen-bond acceptors (Lipinski definition) is 2. The summed E-state index contributed by atoms with van der Waals surface area (Å²) in [4.78, 5) is 2.69. The Morgan fingerprint density at radius 1 is 1.33 bits per heavy atom. The van der Waals surface area contributed by atoms with Crippen LogP contribution in [0.1, 0.15) is 11.1 Å². The molecule has 0 atom stereocenters. The Balaban J connectivity index is 2.88. The summed E-state index contributed by atoms with van der Waals surface area (Å²) in [5.74, 6) is 0. The van der Waals surface area contributed by atoms with Crippen molar-refractivity contribution in [2.45, 2.75) is 13.1 Å². The van der Waals surface area contributed by atoms with Crippen LogP contribution in [-0.2, 0) is 13.1 Å². The number of azide groups is 1. The molecule has 0 aliphatic heterocycles. The SMILES string of the molecule is [N-]=[N+]=NCc1ccccc1CN. The van der Waals surface area contributed by atoms with E-state index in [0.717, 1.165) is 11.1 Å². The molecule has 4 nitrogen and oxygen atoms in total. The third-order valence-corrected chi connectivity index (χ3v) is 1.64. The maximum Gasteiger partial charge on any atom is 0.0514 e. The van der Waals surface area contributed by atoms with Gasteiger partial charge in [0.2, 0.25) is 0 Å². The molecule has 0 heterocycles. The van der Waals surface area contributed by atoms with E-state index in [-0.39, 0.29) is 0 Å². The summed E-state index contributed by atoms with van der Waals surface area (Å²) in [7, 11) is 0. The van der Waals surface area contributed by atoms with E-state index in [4.69, 9.17) is 11.3 Å². The molecule has 12 heavy (non-hydrogen) atoms. The number of rotatable bonds is 3. The molecule has 0 saturated carbocycles. The monoisotopic (exact) mass is 162 g/mol. The quantitative estimate of drug-likeness (QED) is 0.411. The van der Waals surface area contributed by atoms with Gasteiger partial charge in [0.25, 0.3) is 0 Å². The normalized spacial score (nSPS) is 9.08. The van der Waals surface area contributed by atoms with Gasteiger partial charge in [0, 0.05) is 11.5 Å². The van der Waals surface area contributed by atoms with Gasteiger partial charge in [0.15, 0.2) is 0 Å². The predicted octanol–water partition coefficient (Wildman–Crippen LogP) is 1.96. The van der Waals surface area contributed by atoms with Gasteiger partial charge in [0.1, 0.15) is 0 Å². The second-order valence-electron chi connectivity index (χ2n) is 2.36. The van der Waals surface area contributed by atoms with Crippen molar-refractivity contribution >= 4 is 0 Å². The number of benzene rings is 1. The lowest BCUT2D eigenvalue weighted by Gasteiger charge is -2.02. The molecule has 4 heteroatoms. The van der Waals surface area contributed by atoms with Crippen LogP contribution in [0, 0.1) is 0 Å². The fourth-order valence-electron chi connectivity index (χ4n) is 1.02. The number of nitrogens with zero attached hydrogens (tertiary/aromatic N) is 3. The Hall–Kier alpha value is -1.51. The maximum atomic E-state index is 8.12. The van der Waals surface area contributed by atoms with Crippen LogP contribution >= 0.6 is 0 Å². The van der Waals surface area contributed by atoms with Crippen LogP contribution < -0.4 is 5.73 Å². The van der Waals surface area contributed by atoms with Crippen molar-refractivity contribution in [1.29, 1.82) is 0 Å². The average molecular weight is 162 g/mol. The first-order valence-electron chi connectivity index (χ1n) is 3.66. The molecule has 1 rings (SSSR count). The molecule has 0 aliphatic rings. The van der Waals surface area contributed by atoms with Gasteiger partial charge in [-0.15, -0.1) is 0 Å². The first-order valence-corrected chi connectivity index (χ1v) is 3.66. The summed E-state index contributed by atoms with van der Waals surface area (Å²) in [5.41, 5.74) is 15.6. The maximum absolute atomic E-state index is 8.12. The summed E-state index contributed by atoms with van der Waals surface area (Å²) in [6.07, 6.45) is 0. The second-order valence-corrected chi connectivity index (χ2v) is 2.36. The van der Waals surface area contributed by atoms with Crippen molar-refractivity contribution in [2.24, 2.45) is 10.8 Å². The predicted molar refractivity (Wildman–Crippen MR) is 47.2 cm³/mol. The van der Waals surface area contributed by atoms with E-state index >= 15 is 0 Å². The molecule has 0 aliphatic carbocycles. The fraction of sp³-hybridized carbons (Fsp3) is 0.250. The lowest BCUT2D eigenvalue weighted by atomic mass is 10.1. The van der Waals surface area contributed by atoms with Crippen LogP contribution in [0.3, 0.4) is 0 Å². The van der Waals surface area contributed by atoms with Crippen LogP contribution in [0.2, 0.25) is 0 Å². The summed E-state index contributed by atoms with van der Waals surface area (Å²) >= 11 is 0. The molecule has 1 aromatic rings. The lowest BCUT2D eigenvalue weighted by molar-refractivity contribution is 0.970. The van der Waals surface area contributed by atoms with E-state index in [1.165, 1.54) is 0 Å². The summed E-state index contributed by atoms with van der Waals surface area (Å²) in [5, 5.41) is 3.48. The fourth-order valence-corrected chi connectivity index (χ4v) is 1.02. The van der Waals surface area contributed by atoms with Gasteiger partial charge in [-0.2, -0.15) is 0 Å². The topological polar surface area (TPSA) is 74.8 Å². The zero-order valence-corrected chi connectivity index (χ0v) is 6.64. The highest BCUT2D eigenvalue weighted by atomic mass is 15.1. The zero-order chi connectivity index (χ0) is 8.81. The van der Waals surface area contributed by atoms with Crippen LogP contribution in [0.25, 0.3) is 10.4 Å². The third-order valence-electron chi connectivity index (χ3n) is 1.64. The molecule has 0 aromatic heterocycles. The molecule has 2 N–H and O–H groups in total. The molecule has 0 amide bonds. The first-order chi connectivity index (χ1) is 5.88. The summed E-state index contributed by atoms with van der Waals surface area (Å²) in [6, 6.07) is 7.67. The number of hydrogen-bond donors (Lipinski definition) is 1. The van der Waals surface area contributed by atoms with Crippen molar-refractivity contribution in [1.82, 2.24) is 0 Å². The van der Waals surface area contributed by atoms with E-state index in [0.29, 0.717) is 13.1 Å². The Morgan fingerprint density at radius 2 is 2.00 bits per heavy atom. The second kappa shape index (κ2) is 4.38. The molecule has 62 valence electrons. The minimum atomic E-state index is 0.379. The average Bonchev–Trinajstić information content (AvgIpc) is 2.15. The third kappa shape index (κ3) is 1.99. The minimum Gasteiger partial charge on any atom is -0.326 e. The zero-order valence-electron chi connectivity index (χ0n) is 6.64.